The number of aromatic nitrogens is 1. The molecule has 1 N–H and O–H groups in total. The molecule has 2 aromatic rings. The number of unbranched alkanes of at least 4 members (excludes halogenated alkanes) is 1. The number of hydrogen-bond donors (Lipinski definition) is 1. The maximum absolute atomic E-state index is 10.9. The van der Waals surface area contributed by atoms with E-state index in [4.69, 9.17) is 0 Å². The van der Waals surface area contributed by atoms with Gasteiger partial charge in [0.2, 0.25) is 0 Å². The van der Waals surface area contributed by atoms with Gasteiger partial charge in [0.15, 0.2) is 6.29 Å². The molecule has 15 heavy (non-hydrogen) atoms. The molecule has 0 aliphatic carbocycles. The van der Waals surface area contributed by atoms with Crippen LogP contribution in [-0.2, 0) is 6.42 Å². The highest BCUT2D eigenvalue weighted by Gasteiger charge is 2.06. The van der Waals surface area contributed by atoms with E-state index in [0.29, 0.717) is 0 Å². The predicted octanol–water partition coefficient (Wildman–Crippen LogP) is 3.14. The second kappa shape index (κ2) is 4.30. The SMILES string of the molecule is [CH2]CCCc1c[nH]c2cccc(C=O)c12. The van der Waals surface area contributed by atoms with Crippen molar-refractivity contribution in [2.45, 2.75) is 19.3 Å². The number of carbonyl (C=O) groups excluding carboxylic acids is 1. The summed E-state index contributed by atoms with van der Waals surface area (Å²) in [5, 5.41) is 1.07. The molecule has 0 amide bonds. The molecule has 0 unspecified atom stereocenters. The summed E-state index contributed by atoms with van der Waals surface area (Å²) < 4.78 is 0. The fraction of sp³-hybridized carbons (Fsp3) is 0.231. The summed E-state index contributed by atoms with van der Waals surface area (Å²) in [7, 11) is 0. The Labute approximate surface area is 89.3 Å². The smallest absolute Gasteiger partial charge is 0.150 e. The minimum Gasteiger partial charge on any atom is -0.361 e. The van der Waals surface area contributed by atoms with Crippen LogP contribution in [0.1, 0.15) is 28.8 Å². The quantitative estimate of drug-likeness (QED) is 0.755. The Hall–Kier alpha value is -1.57. The molecular formula is C13H14NO. The molecule has 1 aromatic heterocycles. The zero-order chi connectivity index (χ0) is 10.7. The minimum atomic E-state index is 0.771. The van der Waals surface area contributed by atoms with Gasteiger partial charge in [0.1, 0.15) is 0 Å². The van der Waals surface area contributed by atoms with E-state index in [1.54, 1.807) is 0 Å². The third-order valence-corrected chi connectivity index (χ3v) is 2.64. The number of rotatable bonds is 4. The van der Waals surface area contributed by atoms with Crippen molar-refractivity contribution < 1.29 is 4.79 Å². The molecule has 1 aromatic carbocycles. The molecule has 0 saturated heterocycles. The lowest BCUT2D eigenvalue weighted by Gasteiger charge is -1.99. The number of aldehydes is 1. The average molecular weight is 200 g/mol. The molecule has 0 aliphatic rings. The molecule has 0 atom stereocenters. The van der Waals surface area contributed by atoms with E-state index in [-0.39, 0.29) is 0 Å². The van der Waals surface area contributed by atoms with Crippen molar-refractivity contribution >= 4 is 17.2 Å². The highest BCUT2D eigenvalue weighted by molar-refractivity contribution is 5.98. The van der Waals surface area contributed by atoms with Gasteiger partial charge in [-0.05, 0) is 24.5 Å². The molecule has 0 fully saturated rings. The van der Waals surface area contributed by atoms with E-state index in [1.165, 1.54) is 5.56 Å². The molecule has 0 saturated carbocycles. The van der Waals surface area contributed by atoms with Gasteiger partial charge in [0, 0.05) is 22.7 Å². The molecule has 0 bridgehead atoms. The van der Waals surface area contributed by atoms with Gasteiger partial charge in [0.25, 0.3) is 0 Å². The molecule has 0 spiro atoms. The van der Waals surface area contributed by atoms with Crippen LogP contribution in [0.3, 0.4) is 0 Å². The Kier molecular flexibility index (Phi) is 2.86. The molecule has 77 valence electrons. The van der Waals surface area contributed by atoms with E-state index in [1.807, 2.05) is 24.4 Å². The van der Waals surface area contributed by atoms with Crippen LogP contribution in [0.15, 0.2) is 24.4 Å². The van der Waals surface area contributed by atoms with E-state index >= 15 is 0 Å². The molecule has 2 rings (SSSR count). The van der Waals surface area contributed by atoms with Gasteiger partial charge in [-0.25, -0.2) is 0 Å². The first-order valence-corrected chi connectivity index (χ1v) is 5.20. The summed E-state index contributed by atoms with van der Waals surface area (Å²) in [6.45, 7) is 3.83. The van der Waals surface area contributed by atoms with Crippen LogP contribution < -0.4 is 0 Å². The van der Waals surface area contributed by atoms with Gasteiger partial charge >= 0.3 is 0 Å². The van der Waals surface area contributed by atoms with Crippen LogP contribution in [0.4, 0.5) is 0 Å². The summed E-state index contributed by atoms with van der Waals surface area (Å²) >= 11 is 0. The number of aryl methyl sites for hydroxylation is 1. The Morgan fingerprint density at radius 2 is 2.27 bits per heavy atom. The topological polar surface area (TPSA) is 32.9 Å². The van der Waals surface area contributed by atoms with Crippen LogP contribution in [0.5, 0.6) is 0 Å². The van der Waals surface area contributed by atoms with Crippen LogP contribution in [0, 0.1) is 6.92 Å². The largest absolute Gasteiger partial charge is 0.361 e. The fourth-order valence-corrected chi connectivity index (χ4v) is 1.90. The Bertz CT molecular complexity index is 470. The number of benzene rings is 1. The van der Waals surface area contributed by atoms with Crippen molar-refractivity contribution in [1.29, 1.82) is 0 Å². The standard InChI is InChI=1S/C13H14NO/c1-2-3-5-10-8-14-12-7-4-6-11(9-15)13(10)12/h4,6-9,14H,1-3,5H2. The van der Waals surface area contributed by atoms with E-state index in [2.05, 4.69) is 11.9 Å². The van der Waals surface area contributed by atoms with Crippen molar-refractivity contribution in [2.75, 3.05) is 0 Å². The minimum absolute atomic E-state index is 0.771. The fourth-order valence-electron chi connectivity index (χ4n) is 1.90. The average Bonchev–Trinajstić information content (AvgIpc) is 2.69. The van der Waals surface area contributed by atoms with Crippen LogP contribution in [-0.4, -0.2) is 11.3 Å². The van der Waals surface area contributed by atoms with E-state index in [0.717, 1.165) is 42.0 Å². The van der Waals surface area contributed by atoms with Gasteiger partial charge in [-0.15, -0.1) is 0 Å². The highest BCUT2D eigenvalue weighted by atomic mass is 16.1. The van der Waals surface area contributed by atoms with Crippen molar-refractivity contribution in [2.24, 2.45) is 0 Å². The van der Waals surface area contributed by atoms with Crippen molar-refractivity contribution in [3.63, 3.8) is 0 Å². The number of aromatic amines is 1. The van der Waals surface area contributed by atoms with Gasteiger partial charge < -0.3 is 4.98 Å². The van der Waals surface area contributed by atoms with E-state index < -0.39 is 0 Å². The third kappa shape index (κ3) is 1.80. The predicted molar refractivity (Wildman–Crippen MR) is 62.0 cm³/mol. The lowest BCUT2D eigenvalue weighted by molar-refractivity contribution is 0.112. The molecule has 0 aliphatic heterocycles. The number of carbonyl (C=O) groups is 1. The molecule has 1 radical (unpaired) electrons. The van der Waals surface area contributed by atoms with Crippen molar-refractivity contribution in [3.8, 4) is 0 Å². The first-order chi connectivity index (χ1) is 7.36. The number of nitrogens with one attached hydrogen (secondary N) is 1. The maximum atomic E-state index is 10.9. The lowest BCUT2D eigenvalue weighted by atomic mass is 10.0. The van der Waals surface area contributed by atoms with Crippen LogP contribution in [0.25, 0.3) is 10.9 Å². The third-order valence-electron chi connectivity index (χ3n) is 2.64. The zero-order valence-corrected chi connectivity index (χ0v) is 8.62. The van der Waals surface area contributed by atoms with Crippen molar-refractivity contribution in [1.82, 2.24) is 4.98 Å². The highest BCUT2D eigenvalue weighted by Crippen LogP contribution is 2.22. The molecule has 2 heteroatoms. The first kappa shape index (κ1) is 9.97. The lowest BCUT2D eigenvalue weighted by Crippen LogP contribution is -1.86. The number of hydrogen-bond acceptors (Lipinski definition) is 1. The van der Waals surface area contributed by atoms with Crippen LogP contribution in [0.2, 0.25) is 0 Å². The summed E-state index contributed by atoms with van der Waals surface area (Å²) in [6, 6.07) is 5.75. The summed E-state index contributed by atoms with van der Waals surface area (Å²) in [6.07, 6.45) is 5.88. The van der Waals surface area contributed by atoms with Crippen molar-refractivity contribution in [3.05, 3.63) is 42.4 Å². The monoisotopic (exact) mass is 200 g/mol. The molecule has 2 nitrogen and oxygen atoms in total. The molecular weight excluding hydrogens is 186 g/mol. The Morgan fingerprint density at radius 3 is 3.00 bits per heavy atom. The number of H-pyrrole nitrogens is 1. The molecule has 1 heterocycles. The summed E-state index contributed by atoms with van der Waals surface area (Å²) in [4.78, 5) is 14.1. The van der Waals surface area contributed by atoms with Gasteiger partial charge in [-0.3, -0.25) is 4.79 Å². The number of fused-ring (bicyclic) bond motifs is 1. The Morgan fingerprint density at radius 1 is 1.40 bits per heavy atom. The van der Waals surface area contributed by atoms with Gasteiger partial charge in [-0.1, -0.05) is 25.5 Å². The second-order valence-corrected chi connectivity index (χ2v) is 3.66. The Balaban J connectivity index is 2.50. The van der Waals surface area contributed by atoms with Gasteiger partial charge in [-0.2, -0.15) is 0 Å². The zero-order valence-electron chi connectivity index (χ0n) is 8.62. The first-order valence-electron chi connectivity index (χ1n) is 5.20. The maximum Gasteiger partial charge on any atom is 0.150 e. The second-order valence-electron chi connectivity index (χ2n) is 3.66. The van der Waals surface area contributed by atoms with Gasteiger partial charge in [0.05, 0.1) is 0 Å². The van der Waals surface area contributed by atoms with Crippen LogP contribution >= 0.6 is 0 Å². The van der Waals surface area contributed by atoms with E-state index in [9.17, 15) is 4.79 Å². The summed E-state index contributed by atoms with van der Waals surface area (Å²) in [5.74, 6) is 0. The summed E-state index contributed by atoms with van der Waals surface area (Å²) in [5.41, 5.74) is 3.03. The normalized spacial score (nSPS) is 10.7.